The highest BCUT2D eigenvalue weighted by Crippen LogP contribution is 2.33. The number of aryl methyl sites for hydroxylation is 2. The first-order valence-electron chi connectivity index (χ1n) is 9.68. The highest BCUT2D eigenvalue weighted by molar-refractivity contribution is 6.08. The molecule has 0 bridgehead atoms. The van der Waals surface area contributed by atoms with E-state index in [1.165, 1.54) is 12.1 Å². The average molecular weight is 398 g/mol. The smallest absolute Gasteiger partial charge is 0.342 e. The van der Waals surface area contributed by atoms with Gasteiger partial charge in [0.25, 0.3) is 0 Å². The standard InChI is InChI=1S/C21H23FN4O3/c1-4-28-21(27)17-13(2)29-20-18(17)19(23-14(3)24-20)26-11-9-25(10-12-26)16-7-5-15(22)6-8-16/h5-8H,4,9-12H2,1-3H3. The van der Waals surface area contributed by atoms with E-state index in [1.807, 2.05) is 0 Å². The number of piperazine rings is 1. The summed E-state index contributed by atoms with van der Waals surface area (Å²) in [6, 6.07) is 6.52. The van der Waals surface area contributed by atoms with Gasteiger partial charge in [-0.2, -0.15) is 4.98 Å². The number of carbonyl (C=O) groups excluding carboxylic acids is 1. The highest BCUT2D eigenvalue weighted by Gasteiger charge is 2.28. The van der Waals surface area contributed by atoms with Crippen molar-refractivity contribution in [2.75, 3.05) is 42.6 Å². The first-order valence-corrected chi connectivity index (χ1v) is 9.68. The van der Waals surface area contributed by atoms with Crippen LogP contribution in [-0.4, -0.2) is 48.7 Å². The summed E-state index contributed by atoms with van der Waals surface area (Å²) >= 11 is 0. The minimum absolute atomic E-state index is 0.243. The molecule has 3 heterocycles. The molecule has 1 aromatic carbocycles. The summed E-state index contributed by atoms with van der Waals surface area (Å²) < 4.78 is 24.2. The van der Waals surface area contributed by atoms with Crippen LogP contribution in [0.5, 0.6) is 0 Å². The van der Waals surface area contributed by atoms with Gasteiger partial charge in [-0.05, 0) is 45.0 Å². The van der Waals surface area contributed by atoms with Gasteiger partial charge in [0.1, 0.15) is 28.8 Å². The van der Waals surface area contributed by atoms with Gasteiger partial charge in [0, 0.05) is 31.9 Å². The number of esters is 1. The fourth-order valence-corrected chi connectivity index (χ4v) is 3.70. The number of rotatable bonds is 4. The normalized spacial score (nSPS) is 14.5. The Morgan fingerprint density at radius 3 is 2.41 bits per heavy atom. The lowest BCUT2D eigenvalue weighted by molar-refractivity contribution is 0.0526. The van der Waals surface area contributed by atoms with E-state index in [4.69, 9.17) is 9.15 Å². The Morgan fingerprint density at radius 1 is 1.10 bits per heavy atom. The van der Waals surface area contributed by atoms with E-state index in [0.717, 1.165) is 18.8 Å². The first kappa shape index (κ1) is 19.2. The first-order chi connectivity index (χ1) is 14.0. The van der Waals surface area contributed by atoms with Crippen LogP contribution in [0.3, 0.4) is 0 Å². The number of anilines is 2. The van der Waals surface area contributed by atoms with E-state index >= 15 is 0 Å². The minimum atomic E-state index is -0.428. The molecule has 0 saturated carbocycles. The number of benzene rings is 1. The molecule has 7 nitrogen and oxygen atoms in total. The lowest BCUT2D eigenvalue weighted by Gasteiger charge is -2.37. The fraction of sp³-hybridized carbons (Fsp3) is 0.381. The molecule has 1 aliphatic rings. The van der Waals surface area contributed by atoms with Gasteiger partial charge in [0.15, 0.2) is 0 Å². The second-order valence-electron chi connectivity index (χ2n) is 6.98. The predicted octanol–water partition coefficient (Wildman–Crippen LogP) is 3.48. The van der Waals surface area contributed by atoms with E-state index < -0.39 is 5.97 Å². The summed E-state index contributed by atoms with van der Waals surface area (Å²) in [5.41, 5.74) is 1.77. The third-order valence-electron chi connectivity index (χ3n) is 5.07. The quantitative estimate of drug-likeness (QED) is 0.623. The van der Waals surface area contributed by atoms with Crippen LogP contribution in [0.15, 0.2) is 28.7 Å². The molecule has 0 spiro atoms. The Kier molecular flexibility index (Phi) is 5.08. The van der Waals surface area contributed by atoms with Crippen molar-refractivity contribution < 1.29 is 18.3 Å². The van der Waals surface area contributed by atoms with E-state index in [-0.39, 0.29) is 12.4 Å². The summed E-state index contributed by atoms with van der Waals surface area (Å²) in [7, 11) is 0. The number of hydrogen-bond acceptors (Lipinski definition) is 7. The second kappa shape index (κ2) is 7.69. The van der Waals surface area contributed by atoms with Gasteiger partial charge >= 0.3 is 5.97 Å². The maximum Gasteiger partial charge on any atom is 0.342 e. The maximum atomic E-state index is 13.2. The summed E-state index contributed by atoms with van der Waals surface area (Å²) in [5.74, 6) is 1.07. The monoisotopic (exact) mass is 398 g/mol. The van der Waals surface area contributed by atoms with E-state index in [9.17, 15) is 9.18 Å². The molecule has 1 aliphatic heterocycles. The number of hydrogen-bond donors (Lipinski definition) is 0. The average Bonchev–Trinajstić information content (AvgIpc) is 3.04. The van der Waals surface area contributed by atoms with Crippen LogP contribution in [0.2, 0.25) is 0 Å². The van der Waals surface area contributed by atoms with Crippen LogP contribution in [0, 0.1) is 19.7 Å². The van der Waals surface area contributed by atoms with Gasteiger partial charge in [-0.1, -0.05) is 0 Å². The van der Waals surface area contributed by atoms with Gasteiger partial charge in [-0.3, -0.25) is 0 Å². The molecule has 0 amide bonds. The molecule has 1 fully saturated rings. The van der Waals surface area contributed by atoms with Crippen molar-refractivity contribution in [1.82, 2.24) is 9.97 Å². The number of aromatic nitrogens is 2. The zero-order valence-electron chi connectivity index (χ0n) is 16.7. The number of halogens is 1. The molecule has 0 unspecified atom stereocenters. The van der Waals surface area contributed by atoms with E-state index in [1.54, 1.807) is 32.9 Å². The summed E-state index contributed by atoms with van der Waals surface area (Å²) in [6.45, 7) is 8.50. The molecular weight excluding hydrogens is 375 g/mol. The van der Waals surface area contributed by atoms with Gasteiger partial charge in [0.2, 0.25) is 5.71 Å². The van der Waals surface area contributed by atoms with Crippen LogP contribution in [0.4, 0.5) is 15.9 Å². The number of ether oxygens (including phenoxy) is 1. The molecule has 152 valence electrons. The number of carbonyl (C=O) groups is 1. The molecule has 4 rings (SSSR count). The summed E-state index contributed by atoms with van der Waals surface area (Å²) in [6.07, 6.45) is 0. The number of fused-ring (bicyclic) bond motifs is 1. The van der Waals surface area contributed by atoms with Crippen LogP contribution in [0.1, 0.15) is 28.9 Å². The zero-order valence-corrected chi connectivity index (χ0v) is 16.7. The van der Waals surface area contributed by atoms with Crippen molar-refractivity contribution in [3.05, 3.63) is 47.2 Å². The number of nitrogens with zero attached hydrogens (tertiary/aromatic N) is 4. The van der Waals surface area contributed by atoms with Crippen molar-refractivity contribution in [2.24, 2.45) is 0 Å². The maximum absolute atomic E-state index is 13.2. The van der Waals surface area contributed by atoms with E-state index in [2.05, 4.69) is 19.8 Å². The predicted molar refractivity (Wildman–Crippen MR) is 108 cm³/mol. The minimum Gasteiger partial charge on any atom is -0.462 e. The second-order valence-corrected chi connectivity index (χ2v) is 6.98. The van der Waals surface area contributed by atoms with Gasteiger partial charge < -0.3 is 19.0 Å². The SMILES string of the molecule is CCOC(=O)c1c(C)oc2nc(C)nc(N3CCN(c4ccc(F)cc4)CC3)c12. The fourth-order valence-electron chi connectivity index (χ4n) is 3.70. The Labute approximate surface area is 168 Å². The molecular formula is C21H23FN4O3. The Balaban J connectivity index is 1.65. The van der Waals surface area contributed by atoms with Crippen molar-refractivity contribution in [2.45, 2.75) is 20.8 Å². The molecule has 29 heavy (non-hydrogen) atoms. The van der Waals surface area contributed by atoms with Crippen LogP contribution in [0.25, 0.3) is 11.1 Å². The molecule has 0 N–H and O–H groups in total. The molecule has 0 aliphatic carbocycles. The Bertz CT molecular complexity index is 1040. The molecule has 3 aromatic rings. The topological polar surface area (TPSA) is 71.7 Å². The molecule has 0 atom stereocenters. The molecule has 8 heteroatoms. The van der Waals surface area contributed by atoms with Crippen LogP contribution >= 0.6 is 0 Å². The van der Waals surface area contributed by atoms with Crippen LogP contribution in [-0.2, 0) is 4.74 Å². The molecule has 2 aromatic heterocycles. The van der Waals surface area contributed by atoms with Gasteiger partial charge in [0.05, 0.1) is 12.0 Å². The van der Waals surface area contributed by atoms with Crippen molar-refractivity contribution in [3.63, 3.8) is 0 Å². The summed E-state index contributed by atoms with van der Waals surface area (Å²) in [4.78, 5) is 25.9. The largest absolute Gasteiger partial charge is 0.462 e. The lowest BCUT2D eigenvalue weighted by Crippen LogP contribution is -2.47. The van der Waals surface area contributed by atoms with Gasteiger partial charge in [-0.15, -0.1) is 0 Å². The highest BCUT2D eigenvalue weighted by atomic mass is 19.1. The Hall–Kier alpha value is -3.16. The lowest BCUT2D eigenvalue weighted by atomic mass is 10.1. The van der Waals surface area contributed by atoms with E-state index in [0.29, 0.717) is 47.2 Å². The van der Waals surface area contributed by atoms with Crippen LogP contribution < -0.4 is 9.80 Å². The number of furan rings is 1. The van der Waals surface area contributed by atoms with Gasteiger partial charge in [-0.25, -0.2) is 14.2 Å². The molecule has 0 radical (unpaired) electrons. The van der Waals surface area contributed by atoms with Crippen molar-refractivity contribution in [3.8, 4) is 0 Å². The summed E-state index contributed by atoms with van der Waals surface area (Å²) in [5, 5.41) is 0.599. The zero-order chi connectivity index (χ0) is 20.5. The molecule has 1 saturated heterocycles. The van der Waals surface area contributed by atoms with Crippen molar-refractivity contribution in [1.29, 1.82) is 0 Å². The Morgan fingerprint density at radius 2 is 1.76 bits per heavy atom. The third-order valence-corrected chi connectivity index (χ3v) is 5.07. The van der Waals surface area contributed by atoms with Crippen molar-refractivity contribution >= 4 is 28.6 Å². The third kappa shape index (κ3) is 3.62.